The molecule has 1 N–H and O–H groups in total. The third-order valence-corrected chi connectivity index (χ3v) is 2.60. The smallest absolute Gasteiger partial charge is 0.316 e. The second kappa shape index (κ2) is 6.05. The van der Waals surface area contributed by atoms with E-state index in [2.05, 4.69) is 15.5 Å². The van der Waals surface area contributed by atoms with E-state index in [1.165, 1.54) is 7.11 Å². The molecule has 0 fully saturated rings. The lowest BCUT2D eigenvalue weighted by Gasteiger charge is -2.07. The molecule has 0 saturated carbocycles. The summed E-state index contributed by atoms with van der Waals surface area (Å²) in [6.45, 7) is 2.30. The van der Waals surface area contributed by atoms with Crippen molar-refractivity contribution in [2.24, 2.45) is 0 Å². The highest BCUT2D eigenvalue weighted by Crippen LogP contribution is 2.31. The minimum atomic E-state index is -0.397. The van der Waals surface area contributed by atoms with Crippen LogP contribution in [0.2, 0.25) is 0 Å². The van der Waals surface area contributed by atoms with Crippen molar-refractivity contribution in [3.63, 3.8) is 0 Å². The van der Waals surface area contributed by atoms with E-state index in [0.717, 1.165) is 0 Å². The number of nitrogens with one attached hydrogen (secondary N) is 1. The van der Waals surface area contributed by atoms with Gasteiger partial charge in [0.2, 0.25) is 5.82 Å². The van der Waals surface area contributed by atoms with Crippen LogP contribution in [0.5, 0.6) is 11.5 Å². The summed E-state index contributed by atoms with van der Waals surface area (Å²) < 4.78 is 15.3. The number of aromatic nitrogens is 2. The van der Waals surface area contributed by atoms with Gasteiger partial charge in [0, 0.05) is 12.1 Å². The van der Waals surface area contributed by atoms with Crippen LogP contribution in [0.4, 0.5) is 0 Å². The minimum Gasteiger partial charge on any atom is -0.493 e. The van der Waals surface area contributed by atoms with Crippen molar-refractivity contribution in [1.82, 2.24) is 15.5 Å². The first-order chi connectivity index (χ1) is 9.69. The lowest BCUT2D eigenvalue weighted by Crippen LogP contribution is -2.22. The zero-order valence-electron chi connectivity index (χ0n) is 11.5. The van der Waals surface area contributed by atoms with E-state index < -0.39 is 5.91 Å². The summed E-state index contributed by atoms with van der Waals surface area (Å²) in [5, 5.41) is 6.36. The second-order valence-corrected chi connectivity index (χ2v) is 3.85. The third kappa shape index (κ3) is 2.71. The van der Waals surface area contributed by atoms with Gasteiger partial charge in [-0.2, -0.15) is 4.98 Å². The SMILES string of the molecule is CCNC(=O)c1nc(-c2ccc(OC)c(OC)c2)no1. The van der Waals surface area contributed by atoms with Gasteiger partial charge in [0.15, 0.2) is 11.5 Å². The lowest BCUT2D eigenvalue weighted by atomic mass is 10.2. The van der Waals surface area contributed by atoms with Gasteiger partial charge in [0.05, 0.1) is 14.2 Å². The average Bonchev–Trinajstić information content (AvgIpc) is 2.96. The van der Waals surface area contributed by atoms with Crippen molar-refractivity contribution in [1.29, 1.82) is 0 Å². The number of hydrogen-bond acceptors (Lipinski definition) is 6. The van der Waals surface area contributed by atoms with E-state index in [-0.39, 0.29) is 5.89 Å². The topological polar surface area (TPSA) is 86.5 Å². The Morgan fingerprint density at radius 3 is 2.70 bits per heavy atom. The lowest BCUT2D eigenvalue weighted by molar-refractivity contribution is 0.0912. The largest absolute Gasteiger partial charge is 0.493 e. The molecule has 7 heteroatoms. The van der Waals surface area contributed by atoms with E-state index in [9.17, 15) is 4.79 Å². The maximum atomic E-state index is 11.6. The van der Waals surface area contributed by atoms with Crippen LogP contribution in [-0.4, -0.2) is 36.8 Å². The molecule has 2 aromatic rings. The summed E-state index contributed by atoms with van der Waals surface area (Å²) in [6.07, 6.45) is 0. The summed E-state index contributed by atoms with van der Waals surface area (Å²) in [6, 6.07) is 5.20. The Hall–Kier alpha value is -2.57. The van der Waals surface area contributed by atoms with Gasteiger partial charge >= 0.3 is 11.8 Å². The zero-order chi connectivity index (χ0) is 14.5. The van der Waals surface area contributed by atoms with Crippen LogP contribution in [0.3, 0.4) is 0 Å². The van der Waals surface area contributed by atoms with Crippen LogP contribution in [0.1, 0.15) is 17.6 Å². The molecule has 1 aromatic carbocycles. The number of ether oxygens (including phenoxy) is 2. The second-order valence-electron chi connectivity index (χ2n) is 3.85. The van der Waals surface area contributed by atoms with Crippen LogP contribution in [0, 0.1) is 0 Å². The van der Waals surface area contributed by atoms with E-state index in [0.29, 0.717) is 29.4 Å². The molecule has 1 aromatic heterocycles. The van der Waals surface area contributed by atoms with Crippen LogP contribution in [0.25, 0.3) is 11.4 Å². The third-order valence-electron chi connectivity index (χ3n) is 2.60. The van der Waals surface area contributed by atoms with E-state index in [1.807, 2.05) is 6.92 Å². The highest BCUT2D eigenvalue weighted by Gasteiger charge is 2.16. The molecule has 106 valence electrons. The molecule has 7 nitrogen and oxygen atoms in total. The number of carbonyl (C=O) groups is 1. The fraction of sp³-hybridized carbons (Fsp3) is 0.308. The molecular formula is C13H15N3O4. The maximum Gasteiger partial charge on any atom is 0.316 e. The predicted octanol–water partition coefficient (Wildman–Crippen LogP) is 1.50. The standard InChI is InChI=1S/C13H15N3O4/c1-4-14-12(17)13-15-11(16-20-13)8-5-6-9(18-2)10(7-8)19-3/h5-7H,4H2,1-3H3,(H,14,17). The van der Waals surface area contributed by atoms with Crippen molar-refractivity contribution in [2.45, 2.75) is 6.92 Å². The highest BCUT2D eigenvalue weighted by molar-refractivity contribution is 5.89. The monoisotopic (exact) mass is 277 g/mol. The summed E-state index contributed by atoms with van der Waals surface area (Å²) >= 11 is 0. The summed E-state index contributed by atoms with van der Waals surface area (Å²) in [7, 11) is 3.09. The van der Waals surface area contributed by atoms with E-state index in [4.69, 9.17) is 14.0 Å². The van der Waals surface area contributed by atoms with Gasteiger partial charge in [-0.3, -0.25) is 4.79 Å². The van der Waals surface area contributed by atoms with Crippen LogP contribution in [0.15, 0.2) is 22.7 Å². The molecule has 0 radical (unpaired) electrons. The molecule has 0 aliphatic carbocycles. The molecule has 1 heterocycles. The van der Waals surface area contributed by atoms with Gasteiger partial charge in [0.1, 0.15) is 0 Å². The maximum absolute atomic E-state index is 11.6. The van der Waals surface area contributed by atoms with Gasteiger partial charge in [0.25, 0.3) is 0 Å². The van der Waals surface area contributed by atoms with Gasteiger partial charge in [-0.05, 0) is 25.1 Å². The van der Waals surface area contributed by atoms with Crippen molar-refractivity contribution in [2.75, 3.05) is 20.8 Å². The molecule has 0 bridgehead atoms. The number of methoxy groups -OCH3 is 2. The zero-order valence-corrected chi connectivity index (χ0v) is 11.5. The minimum absolute atomic E-state index is 0.0726. The fourth-order valence-corrected chi connectivity index (χ4v) is 1.64. The predicted molar refractivity (Wildman–Crippen MR) is 70.8 cm³/mol. The molecule has 0 atom stereocenters. The van der Waals surface area contributed by atoms with E-state index >= 15 is 0 Å². The molecule has 20 heavy (non-hydrogen) atoms. The number of hydrogen-bond donors (Lipinski definition) is 1. The Balaban J connectivity index is 2.30. The van der Waals surface area contributed by atoms with Crippen molar-refractivity contribution < 1.29 is 18.8 Å². The number of benzene rings is 1. The van der Waals surface area contributed by atoms with E-state index in [1.54, 1.807) is 25.3 Å². The Bertz CT molecular complexity index is 609. The number of nitrogens with zero attached hydrogens (tertiary/aromatic N) is 2. The number of carbonyl (C=O) groups excluding carboxylic acids is 1. The summed E-state index contributed by atoms with van der Waals surface area (Å²) in [5.74, 6) is 0.994. The molecule has 0 saturated heterocycles. The van der Waals surface area contributed by atoms with Crippen LogP contribution >= 0.6 is 0 Å². The first kappa shape index (κ1) is 13.9. The molecule has 0 spiro atoms. The quantitative estimate of drug-likeness (QED) is 0.891. The van der Waals surface area contributed by atoms with Crippen LogP contribution in [-0.2, 0) is 0 Å². The first-order valence-corrected chi connectivity index (χ1v) is 6.04. The average molecular weight is 277 g/mol. The molecule has 0 aliphatic rings. The summed E-state index contributed by atoms with van der Waals surface area (Å²) in [4.78, 5) is 15.6. The van der Waals surface area contributed by atoms with Gasteiger partial charge in [-0.1, -0.05) is 5.16 Å². The molecule has 0 unspecified atom stereocenters. The Kier molecular flexibility index (Phi) is 4.19. The number of amides is 1. The van der Waals surface area contributed by atoms with Crippen molar-refractivity contribution in [3.05, 3.63) is 24.1 Å². The molecule has 2 rings (SSSR count). The van der Waals surface area contributed by atoms with Gasteiger partial charge in [-0.25, -0.2) is 0 Å². The van der Waals surface area contributed by atoms with Crippen molar-refractivity contribution >= 4 is 5.91 Å². The summed E-state index contributed by atoms with van der Waals surface area (Å²) in [5.41, 5.74) is 0.668. The molecule has 1 amide bonds. The Morgan fingerprint density at radius 1 is 1.30 bits per heavy atom. The molecular weight excluding hydrogens is 262 g/mol. The Morgan fingerprint density at radius 2 is 2.05 bits per heavy atom. The van der Waals surface area contributed by atoms with Gasteiger partial charge in [-0.15, -0.1) is 0 Å². The molecule has 0 aliphatic heterocycles. The van der Waals surface area contributed by atoms with Crippen LogP contribution < -0.4 is 14.8 Å². The normalized spacial score (nSPS) is 10.2. The highest BCUT2D eigenvalue weighted by atomic mass is 16.5. The Labute approximate surface area is 115 Å². The van der Waals surface area contributed by atoms with Crippen molar-refractivity contribution in [3.8, 4) is 22.9 Å². The first-order valence-electron chi connectivity index (χ1n) is 6.04. The number of rotatable bonds is 5. The van der Waals surface area contributed by atoms with Gasteiger partial charge < -0.3 is 19.3 Å². The fourth-order valence-electron chi connectivity index (χ4n) is 1.64.